The zero-order valence-electron chi connectivity index (χ0n) is 24.2. The molecule has 15 heteroatoms. The predicted octanol–water partition coefficient (Wildman–Crippen LogP) is 8.14. The Bertz CT molecular complexity index is 2180. The number of aryl methyl sites for hydroxylation is 1. The van der Waals surface area contributed by atoms with Crippen molar-refractivity contribution in [1.29, 1.82) is 5.26 Å². The summed E-state index contributed by atoms with van der Waals surface area (Å²) in [7, 11) is -8.54. The number of rotatable bonds is 8. The highest BCUT2D eigenvalue weighted by molar-refractivity contribution is 8.45. The Hall–Kier alpha value is -5.62. The van der Waals surface area contributed by atoms with E-state index < -0.39 is 32.2 Å². The first-order chi connectivity index (χ1) is 21.6. The monoisotopic (exact) mass is 653 g/mol. The third-order valence-corrected chi connectivity index (χ3v) is 8.35. The number of anilines is 1. The van der Waals surface area contributed by atoms with E-state index in [0.29, 0.717) is 23.6 Å². The Kier molecular flexibility index (Phi) is 6.75. The number of hydrogen-bond donors (Lipinski definition) is 1. The van der Waals surface area contributed by atoms with Gasteiger partial charge in [-0.25, -0.2) is 4.52 Å². The summed E-state index contributed by atoms with van der Waals surface area (Å²) in [4.78, 5) is 10.6. The molecule has 46 heavy (non-hydrogen) atoms. The lowest BCUT2D eigenvalue weighted by Gasteiger charge is -2.40. The van der Waals surface area contributed by atoms with Gasteiger partial charge in [0.25, 0.3) is 5.91 Å². The average Bonchev–Trinajstić information content (AvgIpc) is 3.74. The SMILES string of the molecule is COc1ccc(Cn2cc(-c3cc4n(-c5cc(NC(=O)c6cc(C#N)cc(S(F)(F)(F)(F)F)c6)ccc5C)ccn4n3)cn2)cc1. The molecule has 0 aliphatic heterocycles. The van der Waals surface area contributed by atoms with Crippen molar-refractivity contribution < 1.29 is 29.0 Å². The predicted molar refractivity (Wildman–Crippen MR) is 163 cm³/mol. The van der Waals surface area contributed by atoms with Gasteiger partial charge in [0.15, 0.2) is 0 Å². The highest BCUT2D eigenvalue weighted by Gasteiger charge is 2.65. The number of ether oxygens (including phenoxy) is 1. The fourth-order valence-corrected chi connectivity index (χ4v) is 5.59. The van der Waals surface area contributed by atoms with Gasteiger partial charge in [0.1, 0.15) is 16.3 Å². The minimum Gasteiger partial charge on any atom is -0.497 e. The summed E-state index contributed by atoms with van der Waals surface area (Å²) in [5.74, 6) is -0.331. The summed E-state index contributed by atoms with van der Waals surface area (Å²) in [6.07, 6.45) is 7.08. The molecule has 1 amide bonds. The van der Waals surface area contributed by atoms with Gasteiger partial charge in [-0.15, -0.1) is 0 Å². The lowest BCUT2D eigenvalue weighted by molar-refractivity contribution is 0.102. The smallest absolute Gasteiger partial charge is 0.310 e. The molecule has 6 rings (SSSR count). The number of methoxy groups -OCH3 is 1. The fraction of sp³-hybridized carbons (Fsp3) is 0.0968. The van der Waals surface area contributed by atoms with Crippen molar-refractivity contribution in [3.63, 3.8) is 0 Å². The number of amides is 1. The molecule has 0 aliphatic rings. The van der Waals surface area contributed by atoms with Gasteiger partial charge in [0.2, 0.25) is 0 Å². The molecular weight excluding hydrogens is 629 g/mol. The number of benzene rings is 3. The molecule has 3 aromatic heterocycles. The fourth-order valence-electron chi connectivity index (χ4n) is 4.89. The van der Waals surface area contributed by atoms with Crippen LogP contribution in [0.4, 0.5) is 25.1 Å². The van der Waals surface area contributed by atoms with E-state index in [1.807, 2.05) is 48.0 Å². The lowest BCUT2D eigenvalue weighted by atomic mass is 10.1. The van der Waals surface area contributed by atoms with Gasteiger partial charge in [-0.2, -0.15) is 15.5 Å². The second kappa shape index (κ2) is 10.2. The van der Waals surface area contributed by atoms with E-state index in [1.165, 1.54) is 12.1 Å². The lowest BCUT2D eigenvalue weighted by Crippen LogP contribution is -2.15. The van der Waals surface area contributed by atoms with Crippen molar-refractivity contribution in [2.45, 2.75) is 18.4 Å². The molecular formula is C31H24F5N7O2S. The van der Waals surface area contributed by atoms with Crippen molar-refractivity contribution in [2.24, 2.45) is 0 Å². The molecule has 0 bridgehead atoms. The van der Waals surface area contributed by atoms with Gasteiger partial charge in [-0.05, 0) is 60.5 Å². The van der Waals surface area contributed by atoms with Gasteiger partial charge in [0.05, 0.1) is 42.9 Å². The zero-order valence-corrected chi connectivity index (χ0v) is 25.0. The molecule has 3 aromatic carbocycles. The molecule has 9 nitrogen and oxygen atoms in total. The number of carbonyl (C=O) groups is 1. The average molecular weight is 654 g/mol. The minimum atomic E-state index is -10.1. The molecule has 1 N–H and O–H groups in total. The third-order valence-electron chi connectivity index (χ3n) is 7.22. The molecule has 0 saturated heterocycles. The number of carbonyl (C=O) groups excluding carboxylic acids is 1. The van der Waals surface area contributed by atoms with Crippen LogP contribution in [0.1, 0.15) is 27.0 Å². The van der Waals surface area contributed by atoms with E-state index in [0.717, 1.165) is 28.5 Å². The molecule has 0 radical (unpaired) electrons. The third kappa shape index (κ3) is 6.15. The van der Waals surface area contributed by atoms with Crippen molar-refractivity contribution in [2.75, 3.05) is 12.4 Å². The van der Waals surface area contributed by atoms with Gasteiger partial charge in [-0.3, -0.25) is 14.0 Å². The maximum Gasteiger partial charge on any atom is 0.310 e. The van der Waals surface area contributed by atoms with Crippen LogP contribution in [-0.4, -0.2) is 37.0 Å². The molecule has 0 fully saturated rings. The van der Waals surface area contributed by atoms with Crippen molar-refractivity contribution in [1.82, 2.24) is 24.0 Å². The molecule has 0 aliphatic carbocycles. The topological polar surface area (TPSA) is 102 Å². The normalized spacial score (nSPS) is 13.2. The quantitative estimate of drug-likeness (QED) is 0.167. The van der Waals surface area contributed by atoms with Gasteiger partial charge < -0.3 is 10.1 Å². The number of nitrogens with one attached hydrogen (secondary N) is 1. The van der Waals surface area contributed by atoms with Crippen molar-refractivity contribution in [3.05, 3.63) is 114 Å². The van der Waals surface area contributed by atoms with Crippen molar-refractivity contribution in [3.8, 4) is 28.8 Å². The van der Waals surface area contributed by atoms with Crippen LogP contribution in [0.25, 0.3) is 22.6 Å². The second-order valence-electron chi connectivity index (χ2n) is 10.6. The van der Waals surface area contributed by atoms with Crippen LogP contribution in [0.3, 0.4) is 0 Å². The molecule has 6 aromatic rings. The van der Waals surface area contributed by atoms with Crippen LogP contribution in [0.5, 0.6) is 5.75 Å². The Morgan fingerprint density at radius 2 is 1.76 bits per heavy atom. The standard InChI is InChI=1S/C31H24F5N7O2S/c1-20-3-6-25(39-31(44)23-11-22(16-37)12-27(13-23)46(32,33,34,35)36)14-29(20)42-9-10-43-30(42)15-28(40-43)24-17-38-41(19-24)18-21-4-7-26(45-2)8-5-21/h3-15,17,19H,18H2,1-2H3,(H,39,44). The summed E-state index contributed by atoms with van der Waals surface area (Å²) >= 11 is 0. The number of aromatic nitrogens is 5. The summed E-state index contributed by atoms with van der Waals surface area (Å²) in [6, 6.07) is 16.6. The summed E-state index contributed by atoms with van der Waals surface area (Å²) in [5.41, 5.74) is 3.29. The van der Waals surface area contributed by atoms with Crippen LogP contribution in [-0.2, 0) is 6.54 Å². The molecule has 3 heterocycles. The maximum absolute atomic E-state index is 13.5. The number of hydrogen-bond acceptors (Lipinski definition) is 5. The van der Waals surface area contributed by atoms with E-state index in [4.69, 9.17) is 10.00 Å². The molecule has 0 atom stereocenters. The minimum absolute atomic E-state index is 0.0331. The van der Waals surface area contributed by atoms with Gasteiger partial charge >= 0.3 is 10.2 Å². The Balaban J connectivity index is 1.26. The highest BCUT2D eigenvalue weighted by atomic mass is 32.5. The highest BCUT2D eigenvalue weighted by Crippen LogP contribution is 3.02. The number of nitriles is 1. The Morgan fingerprint density at radius 3 is 2.46 bits per heavy atom. The Labute approximate surface area is 258 Å². The number of halogens is 5. The van der Waals surface area contributed by atoms with E-state index in [-0.39, 0.29) is 17.8 Å². The Morgan fingerprint density at radius 1 is 1.00 bits per heavy atom. The van der Waals surface area contributed by atoms with E-state index >= 15 is 0 Å². The van der Waals surface area contributed by atoms with E-state index in [9.17, 15) is 24.2 Å². The summed E-state index contributed by atoms with van der Waals surface area (Å²) < 4.78 is 77.9. The number of imidazole rings is 1. The number of fused-ring (bicyclic) bond motifs is 1. The van der Waals surface area contributed by atoms with Crippen LogP contribution >= 0.6 is 10.2 Å². The zero-order chi connectivity index (χ0) is 32.9. The van der Waals surface area contributed by atoms with Crippen molar-refractivity contribution >= 4 is 27.5 Å². The number of nitrogens with zero attached hydrogens (tertiary/aromatic N) is 6. The molecule has 236 valence electrons. The van der Waals surface area contributed by atoms with Crippen LogP contribution in [0.15, 0.2) is 96.4 Å². The summed E-state index contributed by atoms with van der Waals surface area (Å²) in [6.45, 7) is 2.37. The maximum atomic E-state index is 13.5. The van der Waals surface area contributed by atoms with E-state index in [1.54, 1.807) is 47.0 Å². The van der Waals surface area contributed by atoms with E-state index in [2.05, 4.69) is 15.5 Å². The largest absolute Gasteiger partial charge is 0.497 e. The van der Waals surface area contributed by atoms with Crippen LogP contribution in [0, 0.1) is 18.3 Å². The van der Waals surface area contributed by atoms with Crippen LogP contribution < -0.4 is 10.1 Å². The van der Waals surface area contributed by atoms with Crippen LogP contribution in [0.2, 0.25) is 0 Å². The molecule has 0 unspecified atom stereocenters. The first kappa shape index (κ1) is 30.4. The first-order valence-corrected chi connectivity index (χ1v) is 15.5. The second-order valence-corrected chi connectivity index (χ2v) is 13.0. The van der Waals surface area contributed by atoms with Gasteiger partial charge in [-0.1, -0.05) is 37.6 Å². The summed E-state index contributed by atoms with van der Waals surface area (Å²) in [5, 5.41) is 20.7. The first-order valence-electron chi connectivity index (χ1n) is 13.5. The molecule has 0 saturated carbocycles. The molecule has 0 spiro atoms. The van der Waals surface area contributed by atoms with Gasteiger partial charge in [0, 0.05) is 41.5 Å².